The first kappa shape index (κ1) is 19.8. The minimum Gasteiger partial charge on any atom is -0.496 e. The lowest BCUT2D eigenvalue weighted by atomic mass is 10.0. The molecule has 6 nitrogen and oxygen atoms in total. The molecule has 0 radical (unpaired) electrons. The fraction of sp³-hybridized carbons (Fsp3) is 0.409. The lowest BCUT2D eigenvalue weighted by Gasteiger charge is -2.30. The molecule has 2 aromatic rings. The van der Waals surface area contributed by atoms with Crippen molar-refractivity contribution in [1.82, 2.24) is 4.90 Å². The lowest BCUT2D eigenvalue weighted by Crippen LogP contribution is -2.43. The Hall–Kier alpha value is -2.48. The van der Waals surface area contributed by atoms with Gasteiger partial charge in [-0.15, -0.1) is 0 Å². The third-order valence-electron chi connectivity index (χ3n) is 5.38. The van der Waals surface area contributed by atoms with Crippen LogP contribution in [-0.4, -0.2) is 63.9 Å². The van der Waals surface area contributed by atoms with Crippen LogP contribution < -0.4 is 9.64 Å². The standard InChI is InChI=1S/C22H25FN2O4/c1-27-21-5-4-18(23)13-19(21)16-2-3-17-14-29-15-22(26)25(20(17)12-16)7-6-24-8-10-28-11-9-24/h2-5,12-13H,6-11,14-15H2,1H3. The number of morpholine rings is 1. The van der Waals surface area contributed by atoms with Crippen molar-refractivity contribution in [3.63, 3.8) is 0 Å². The molecule has 1 amide bonds. The third-order valence-corrected chi connectivity index (χ3v) is 5.38. The molecule has 0 saturated carbocycles. The monoisotopic (exact) mass is 400 g/mol. The molecule has 0 spiro atoms. The van der Waals surface area contributed by atoms with Gasteiger partial charge in [0.05, 0.1) is 26.9 Å². The number of carbonyl (C=O) groups is 1. The Morgan fingerprint density at radius 3 is 2.66 bits per heavy atom. The Labute approximate surface area is 169 Å². The summed E-state index contributed by atoms with van der Waals surface area (Å²) >= 11 is 0. The molecule has 0 N–H and O–H groups in total. The van der Waals surface area contributed by atoms with Crippen LogP contribution in [-0.2, 0) is 20.9 Å². The highest BCUT2D eigenvalue weighted by molar-refractivity contribution is 5.96. The van der Waals surface area contributed by atoms with Gasteiger partial charge < -0.3 is 19.1 Å². The smallest absolute Gasteiger partial charge is 0.253 e. The number of rotatable bonds is 5. The molecule has 2 aromatic carbocycles. The van der Waals surface area contributed by atoms with Crippen LogP contribution in [0.25, 0.3) is 11.1 Å². The quantitative estimate of drug-likeness (QED) is 0.773. The van der Waals surface area contributed by atoms with E-state index in [1.54, 1.807) is 18.1 Å². The predicted molar refractivity (Wildman–Crippen MR) is 108 cm³/mol. The van der Waals surface area contributed by atoms with Crippen molar-refractivity contribution in [1.29, 1.82) is 0 Å². The summed E-state index contributed by atoms with van der Waals surface area (Å²) in [7, 11) is 1.56. The number of halogens is 1. The van der Waals surface area contributed by atoms with E-state index in [4.69, 9.17) is 14.2 Å². The van der Waals surface area contributed by atoms with Gasteiger partial charge in [-0.05, 0) is 29.8 Å². The van der Waals surface area contributed by atoms with Gasteiger partial charge in [0.25, 0.3) is 5.91 Å². The fourth-order valence-corrected chi connectivity index (χ4v) is 3.78. The van der Waals surface area contributed by atoms with Gasteiger partial charge in [-0.3, -0.25) is 9.69 Å². The van der Waals surface area contributed by atoms with E-state index >= 15 is 0 Å². The van der Waals surface area contributed by atoms with Gasteiger partial charge in [-0.2, -0.15) is 0 Å². The molecule has 0 bridgehead atoms. The van der Waals surface area contributed by atoms with Crippen LogP contribution in [0.5, 0.6) is 5.75 Å². The number of benzene rings is 2. The Kier molecular flexibility index (Phi) is 6.08. The molecular formula is C22H25FN2O4. The summed E-state index contributed by atoms with van der Waals surface area (Å²) < 4.78 is 30.2. The zero-order valence-corrected chi connectivity index (χ0v) is 16.5. The third kappa shape index (κ3) is 4.42. The molecule has 0 aliphatic carbocycles. The average Bonchev–Trinajstić information content (AvgIpc) is 2.90. The summed E-state index contributed by atoms with van der Waals surface area (Å²) in [6, 6.07) is 10.2. The van der Waals surface area contributed by atoms with E-state index in [2.05, 4.69) is 4.90 Å². The number of amides is 1. The second kappa shape index (κ2) is 8.90. The highest BCUT2D eigenvalue weighted by Gasteiger charge is 2.24. The van der Waals surface area contributed by atoms with E-state index in [0.717, 1.165) is 49.7 Å². The lowest BCUT2D eigenvalue weighted by molar-refractivity contribution is -0.123. The molecule has 2 aliphatic heterocycles. The van der Waals surface area contributed by atoms with E-state index in [9.17, 15) is 9.18 Å². The van der Waals surface area contributed by atoms with E-state index < -0.39 is 0 Å². The fourth-order valence-electron chi connectivity index (χ4n) is 3.78. The van der Waals surface area contributed by atoms with Crippen LogP contribution >= 0.6 is 0 Å². The first-order chi connectivity index (χ1) is 14.2. The van der Waals surface area contributed by atoms with Crippen LogP contribution in [0.1, 0.15) is 5.56 Å². The van der Waals surface area contributed by atoms with Gasteiger partial charge in [-0.25, -0.2) is 4.39 Å². The molecule has 4 rings (SSSR count). The van der Waals surface area contributed by atoms with Crippen LogP contribution in [0.4, 0.5) is 10.1 Å². The summed E-state index contributed by atoms with van der Waals surface area (Å²) in [4.78, 5) is 16.8. The van der Waals surface area contributed by atoms with Gasteiger partial charge in [-0.1, -0.05) is 12.1 Å². The van der Waals surface area contributed by atoms with Crippen LogP contribution in [0.2, 0.25) is 0 Å². The van der Waals surface area contributed by atoms with Gasteiger partial charge in [0, 0.05) is 43.0 Å². The second-order valence-electron chi connectivity index (χ2n) is 7.18. The van der Waals surface area contributed by atoms with E-state index in [0.29, 0.717) is 24.5 Å². The first-order valence-electron chi connectivity index (χ1n) is 9.81. The molecule has 0 aromatic heterocycles. The maximum atomic E-state index is 13.9. The molecule has 7 heteroatoms. The predicted octanol–water partition coefficient (Wildman–Crippen LogP) is 2.70. The van der Waals surface area contributed by atoms with Crippen molar-refractivity contribution in [3.8, 4) is 16.9 Å². The van der Waals surface area contributed by atoms with Crippen LogP contribution in [0.3, 0.4) is 0 Å². The van der Waals surface area contributed by atoms with E-state index in [1.165, 1.54) is 12.1 Å². The Morgan fingerprint density at radius 1 is 1.03 bits per heavy atom. The Bertz CT molecular complexity index is 883. The number of carbonyl (C=O) groups excluding carboxylic acids is 1. The SMILES string of the molecule is COc1ccc(F)cc1-c1ccc2c(c1)N(CCN1CCOCC1)C(=O)COC2. The minimum absolute atomic E-state index is 0.0520. The number of methoxy groups -OCH3 is 1. The van der Waals surface area contributed by atoms with Crippen molar-refractivity contribution in [2.24, 2.45) is 0 Å². The van der Waals surface area contributed by atoms with Gasteiger partial charge in [0.2, 0.25) is 0 Å². The maximum Gasteiger partial charge on any atom is 0.253 e. The van der Waals surface area contributed by atoms with Crippen LogP contribution in [0.15, 0.2) is 36.4 Å². The second-order valence-corrected chi connectivity index (χ2v) is 7.18. The summed E-state index contributed by atoms with van der Waals surface area (Å²) in [6.07, 6.45) is 0. The Balaban J connectivity index is 1.66. The molecule has 2 heterocycles. The van der Waals surface area contributed by atoms with E-state index in [1.807, 2.05) is 18.2 Å². The normalized spacial score (nSPS) is 17.7. The first-order valence-corrected chi connectivity index (χ1v) is 9.81. The van der Waals surface area contributed by atoms with Crippen LogP contribution in [0, 0.1) is 5.82 Å². The largest absolute Gasteiger partial charge is 0.496 e. The average molecular weight is 400 g/mol. The van der Waals surface area contributed by atoms with Gasteiger partial charge >= 0.3 is 0 Å². The molecule has 154 valence electrons. The summed E-state index contributed by atoms with van der Waals surface area (Å²) in [5.74, 6) is 0.183. The van der Waals surface area contributed by atoms with Gasteiger partial charge in [0.1, 0.15) is 18.2 Å². The number of nitrogens with zero attached hydrogens (tertiary/aromatic N) is 2. The summed E-state index contributed by atoms with van der Waals surface area (Å²) in [5, 5.41) is 0. The number of hydrogen-bond acceptors (Lipinski definition) is 5. The zero-order valence-electron chi connectivity index (χ0n) is 16.5. The highest BCUT2D eigenvalue weighted by Crippen LogP contribution is 2.35. The van der Waals surface area contributed by atoms with Gasteiger partial charge in [0.15, 0.2) is 0 Å². The van der Waals surface area contributed by atoms with Crippen molar-refractivity contribution < 1.29 is 23.4 Å². The molecule has 2 aliphatic rings. The number of anilines is 1. The molecular weight excluding hydrogens is 375 g/mol. The molecule has 29 heavy (non-hydrogen) atoms. The van der Waals surface area contributed by atoms with E-state index in [-0.39, 0.29) is 18.3 Å². The van der Waals surface area contributed by atoms with Crippen molar-refractivity contribution in [2.45, 2.75) is 6.61 Å². The molecule has 1 fully saturated rings. The maximum absolute atomic E-state index is 13.9. The summed E-state index contributed by atoms with van der Waals surface area (Å²) in [5.41, 5.74) is 3.20. The van der Waals surface area contributed by atoms with Crippen molar-refractivity contribution >= 4 is 11.6 Å². The molecule has 0 atom stereocenters. The number of ether oxygens (including phenoxy) is 3. The summed E-state index contributed by atoms with van der Waals surface area (Å²) in [6.45, 7) is 4.93. The highest BCUT2D eigenvalue weighted by atomic mass is 19.1. The minimum atomic E-state index is -0.334. The number of fused-ring (bicyclic) bond motifs is 1. The Morgan fingerprint density at radius 2 is 1.86 bits per heavy atom. The van der Waals surface area contributed by atoms with Crippen molar-refractivity contribution in [2.75, 3.05) is 58.0 Å². The number of hydrogen-bond donors (Lipinski definition) is 0. The zero-order chi connectivity index (χ0) is 20.2. The van der Waals surface area contributed by atoms with Crippen molar-refractivity contribution in [3.05, 3.63) is 47.8 Å². The molecule has 0 unspecified atom stereocenters. The topological polar surface area (TPSA) is 51.2 Å². The molecule has 1 saturated heterocycles.